The number of carbonyl (C=O) groups excluding carboxylic acids is 3. The van der Waals surface area contributed by atoms with Gasteiger partial charge in [-0.2, -0.15) is 0 Å². The van der Waals surface area contributed by atoms with E-state index in [0.717, 1.165) is 70.6 Å². The highest BCUT2D eigenvalue weighted by Gasteiger charge is 2.19. The molecule has 0 radical (unpaired) electrons. The third-order valence-electron chi connectivity index (χ3n) is 12.8. The van der Waals surface area contributed by atoms with Gasteiger partial charge in [-0.05, 0) is 44.9 Å². The molecule has 0 N–H and O–H groups in total. The predicted octanol–water partition coefficient (Wildman–Crippen LogP) is 19.6. The number of carbonyl (C=O) groups is 3. The van der Waals surface area contributed by atoms with Crippen molar-refractivity contribution in [3.05, 3.63) is 60.8 Å². The molecule has 6 nitrogen and oxygen atoms in total. The summed E-state index contributed by atoms with van der Waals surface area (Å²) < 4.78 is 16.8. The van der Waals surface area contributed by atoms with Gasteiger partial charge in [0.1, 0.15) is 13.2 Å². The molecule has 0 saturated heterocycles. The zero-order valence-electron chi connectivity index (χ0n) is 45.1. The number of hydrogen-bond acceptors (Lipinski definition) is 6. The Labute approximate surface area is 421 Å². The first-order valence-corrected chi connectivity index (χ1v) is 29.3. The summed E-state index contributed by atoms with van der Waals surface area (Å²) in [7, 11) is 0. The third-order valence-corrected chi connectivity index (χ3v) is 12.8. The first kappa shape index (κ1) is 65.1. The smallest absolute Gasteiger partial charge is 0.309 e. The molecule has 1 unspecified atom stereocenters. The molecule has 0 aliphatic heterocycles. The Morgan fingerprint density at radius 1 is 0.309 bits per heavy atom. The number of unbranched alkanes of at least 4 members (excludes halogenated alkanes) is 33. The van der Waals surface area contributed by atoms with Crippen LogP contribution in [0.5, 0.6) is 0 Å². The van der Waals surface area contributed by atoms with Crippen molar-refractivity contribution >= 4 is 17.9 Å². The molecule has 0 saturated carbocycles. The van der Waals surface area contributed by atoms with Crippen molar-refractivity contribution in [2.24, 2.45) is 0 Å². The fourth-order valence-corrected chi connectivity index (χ4v) is 8.46. The molecular weight excluding hydrogens is 841 g/mol. The van der Waals surface area contributed by atoms with Crippen molar-refractivity contribution in [1.82, 2.24) is 0 Å². The topological polar surface area (TPSA) is 78.9 Å². The molecule has 68 heavy (non-hydrogen) atoms. The number of rotatable bonds is 53. The normalized spacial score (nSPS) is 12.5. The largest absolute Gasteiger partial charge is 0.462 e. The SMILES string of the molecule is CC/C=C\C/C=C\C/C=C\C/C=C\C/C=C\CC(=O)OCC(COC(=O)CCCCCCCCCCCCCCCCCCCCC)OC(=O)CCCCCCCCCCCCCCCCCC. The highest BCUT2D eigenvalue weighted by Crippen LogP contribution is 2.17. The standard InChI is InChI=1S/C62H110O6/c1-4-7-10-13-16-19-22-25-28-30-31-32-35-37-40-43-46-49-52-55-61(64)67-58-59(57-66-60(63)54-51-48-45-42-39-36-33-27-24-21-18-15-12-9-6-3)68-62(65)56-53-50-47-44-41-38-34-29-26-23-20-17-14-11-8-5-2/h9,12,18,21,27,33,39,42,48,51,59H,4-8,10-11,13-17,19-20,22-26,28-32,34-38,40-41,43-47,49-50,52-58H2,1-3H3/b12-9-,21-18-,33-27-,42-39-,51-48-. The van der Waals surface area contributed by atoms with Crippen LogP contribution in [-0.2, 0) is 28.6 Å². The summed E-state index contributed by atoms with van der Waals surface area (Å²) in [6.07, 6.45) is 71.0. The summed E-state index contributed by atoms with van der Waals surface area (Å²) in [6, 6.07) is 0. The van der Waals surface area contributed by atoms with Crippen molar-refractivity contribution < 1.29 is 28.6 Å². The maximum Gasteiger partial charge on any atom is 0.309 e. The number of esters is 3. The Morgan fingerprint density at radius 2 is 0.574 bits per heavy atom. The first-order chi connectivity index (χ1) is 33.5. The average Bonchev–Trinajstić information content (AvgIpc) is 3.34. The van der Waals surface area contributed by atoms with Gasteiger partial charge < -0.3 is 14.2 Å². The van der Waals surface area contributed by atoms with Gasteiger partial charge in [0, 0.05) is 12.8 Å². The van der Waals surface area contributed by atoms with Gasteiger partial charge in [0.25, 0.3) is 0 Å². The van der Waals surface area contributed by atoms with Gasteiger partial charge in [-0.15, -0.1) is 0 Å². The van der Waals surface area contributed by atoms with Gasteiger partial charge in [0.05, 0.1) is 6.42 Å². The maximum absolute atomic E-state index is 12.8. The summed E-state index contributed by atoms with van der Waals surface area (Å²) >= 11 is 0. The van der Waals surface area contributed by atoms with E-state index in [-0.39, 0.29) is 31.6 Å². The summed E-state index contributed by atoms with van der Waals surface area (Å²) in [5.41, 5.74) is 0. The van der Waals surface area contributed by atoms with Gasteiger partial charge in [0.15, 0.2) is 6.10 Å². The minimum atomic E-state index is -0.810. The fourth-order valence-electron chi connectivity index (χ4n) is 8.46. The van der Waals surface area contributed by atoms with E-state index in [1.54, 1.807) is 6.08 Å². The van der Waals surface area contributed by atoms with E-state index in [1.165, 1.54) is 186 Å². The van der Waals surface area contributed by atoms with E-state index in [9.17, 15) is 14.4 Å². The molecule has 0 aliphatic carbocycles. The molecule has 0 fully saturated rings. The second-order valence-electron chi connectivity index (χ2n) is 19.6. The molecule has 0 heterocycles. The minimum absolute atomic E-state index is 0.0996. The Morgan fingerprint density at radius 3 is 0.897 bits per heavy atom. The highest BCUT2D eigenvalue weighted by atomic mass is 16.6. The van der Waals surface area contributed by atoms with Crippen LogP contribution in [0.3, 0.4) is 0 Å². The molecule has 0 bridgehead atoms. The van der Waals surface area contributed by atoms with Crippen LogP contribution in [0.1, 0.15) is 297 Å². The van der Waals surface area contributed by atoms with E-state index in [4.69, 9.17) is 14.2 Å². The Balaban J connectivity index is 4.41. The molecule has 394 valence electrons. The van der Waals surface area contributed by atoms with Gasteiger partial charge in [-0.3, -0.25) is 14.4 Å². The monoisotopic (exact) mass is 951 g/mol. The Kier molecular flexibility index (Phi) is 54.3. The second kappa shape index (κ2) is 56.7. The molecule has 6 heteroatoms. The van der Waals surface area contributed by atoms with Gasteiger partial charge in [0.2, 0.25) is 0 Å². The lowest BCUT2D eigenvalue weighted by Crippen LogP contribution is -2.30. The van der Waals surface area contributed by atoms with Crippen LogP contribution >= 0.6 is 0 Å². The van der Waals surface area contributed by atoms with E-state index in [2.05, 4.69) is 69.4 Å². The zero-order chi connectivity index (χ0) is 49.3. The van der Waals surface area contributed by atoms with Crippen molar-refractivity contribution in [2.45, 2.75) is 303 Å². The second-order valence-corrected chi connectivity index (χ2v) is 19.6. The van der Waals surface area contributed by atoms with Crippen LogP contribution in [-0.4, -0.2) is 37.2 Å². The molecule has 0 rings (SSSR count). The van der Waals surface area contributed by atoms with E-state index >= 15 is 0 Å². The Bertz CT molecular complexity index is 1230. The highest BCUT2D eigenvalue weighted by molar-refractivity contribution is 5.72. The van der Waals surface area contributed by atoms with Crippen LogP contribution in [0.4, 0.5) is 0 Å². The average molecular weight is 952 g/mol. The fraction of sp³-hybridized carbons (Fsp3) is 0.790. The van der Waals surface area contributed by atoms with Crippen LogP contribution in [0.2, 0.25) is 0 Å². The van der Waals surface area contributed by atoms with E-state index in [1.807, 2.05) is 6.08 Å². The molecule has 0 aromatic rings. The Hall–Kier alpha value is -2.89. The first-order valence-electron chi connectivity index (χ1n) is 29.3. The zero-order valence-corrected chi connectivity index (χ0v) is 45.1. The van der Waals surface area contributed by atoms with Crippen LogP contribution in [0, 0.1) is 0 Å². The quantitative estimate of drug-likeness (QED) is 0.0262. The molecule has 0 amide bonds. The number of ether oxygens (including phenoxy) is 3. The minimum Gasteiger partial charge on any atom is -0.462 e. The molecular formula is C62H110O6. The van der Waals surface area contributed by atoms with Crippen LogP contribution < -0.4 is 0 Å². The number of allylic oxidation sites excluding steroid dienone is 9. The van der Waals surface area contributed by atoms with Crippen molar-refractivity contribution in [2.75, 3.05) is 13.2 Å². The lowest BCUT2D eigenvalue weighted by molar-refractivity contribution is -0.166. The van der Waals surface area contributed by atoms with Crippen molar-refractivity contribution in [3.63, 3.8) is 0 Å². The lowest BCUT2D eigenvalue weighted by atomic mass is 10.0. The van der Waals surface area contributed by atoms with Gasteiger partial charge in [-0.1, -0.05) is 293 Å². The van der Waals surface area contributed by atoms with Crippen molar-refractivity contribution in [1.29, 1.82) is 0 Å². The molecule has 0 aliphatic rings. The molecule has 1 atom stereocenters. The summed E-state index contributed by atoms with van der Waals surface area (Å²) in [5.74, 6) is -1.02. The molecule has 0 spiro atoms. The van der Waals surface area contributed by atoms with E-state index < -0.39 is 12.1 Å². The lowest BCUT2D eigenvalue weighted by Gasteiger charge is -2.18. The predicted molar refractivity (Wildman–Crippen MR) is 293 cm³/mol. The van der Waals surface area contributed by atoms with Crippen LogP contribution in [0.15, 0.2) is 60.8 Å². The molecule has 0 aromatic heterocycles. The maximum atomic E-state index is 12.8. The van der Waals surface area contributed by atoms with Crippen LogP contribution in [0.25, 0.3) is 0 Å². The van der Waals surface area contributed by atoms with Gasteiger partial charge in [-0.25, -0.2) is 0 Å². The van der Waals surface area contributed by atoms with E-state index in [0.29, 0.717) is 12.8 Å². The summed E-state index contributed by atoms with van der Waals surface area (Å²) in [4.78, 5) is 38.1. The number of hydrogen-bond donors (Lipinski definition) is 0. The molecule has 0 aromatic carbocycles. The summed E-state index contributed by atoms with van der Waals surface area (Å²) in [5, 5.41) is 0. The van der Waals surface area contributed by atoms with Gasteiger partial charge >= 0.3 is 17.9 Å². The summed E-state index contributed by atoms with van der Waals surface area (Å²) in [6.45, 7) is 6.48. The van der Waals surface area contributed by atoms with Crippen molar-refractivity contribution in [3.8, 4) is 0 Å². The third kappa shape index (κ3) is 54.1.